The van der Waals surface area contributed by atoms with Crippen LogP contribution < -0.4 is 4.74 Å². The molecule has 2 N–H and O–H groups in total. The highest BCUT2D eigenvalue weighted by molar-refractivity contribution is 5.77. The van der Waals surface area contributed by atoms with E-state index in [2.05, 4.69) is 0 Å². The van der Waals surface area contributed by atoms with Crippen molar-refractivity contribution in [1.82, 2.24) is 0 Å². The third kappa shape index (κ3) is 4.13. The number of phenols is 2. The first-order chi connectivity index (χ1) is 15.1. The average molecular weight is 411 g/mol. The van der Waals surface area contributed by atoms with Crippen LogP contribution in [0.2, 0.25) is 0 Å². The first-order valence-corrected chi connectivity index (χ1v) is 10.4. The van der Waals surface area contributed by atoms with Crippen LogP contribution in [0.5, 0.6) is 17.2 Å². The summed E-state index contributed by atoms with van der Waals surface area (Å²) in [5.41, 5.74) is 6.29. The standard InChI is InChI=1S/C28H26O3/c1-19-9-3-4-12-22(19)24-14-7-10-20(27(24)29)17-18-21-11-8-15-25(28(21)30)23-13-5-6-16-26(23)31-2/h3-16,29-30H,17-18H2,1-2H3. The van der Waals surface area contributed by atoms with Crippen molar-refractivity contribution < 1.29 is 14.9 Å². The van der Waals surface area contributed by atoms with E-state index in [1.54, 1.807) is 7.11 Å². The van der Waals surface area contributed by atoms with E-state index in [1.165, 1.54) is 0 Å². The van der Waals surface area contributed by atoms with E-state index in [9.17, 15) is 10.2 Å². The topological polar surface area (TPSA) is 49.7 Å². The van der Waals surface area contributed by atoms with Crippen LogP contribution in [0, 0.1) is 6.92 Å². The van der Waals surface area contributed by atoms with Gasteiger partial charge in [0, 0.05) is 16.7 Å². The molecule has 0 radical (unpaired) electrons. The number of rotatable bonds is 6. The van der Waals surface area contributed by atoms with Crippen molar-refractivity contribution in [2.75, 3.05) is 7.11 Å². The lowest BCUT2D eigenvalue weighted by atomic mass is 9.94. The van der Waals surface area contributed by atoms with Crippen molar-refractivity contribution in [2.24, 2.45) is 0 Å². The molecule has 0 saturated carbocycles. The van der Waals surface area contributed by atoms with Crippen molar-refractivity contribution in [3.05, 3.63) is 102 Å². The lowest BCUT2D eigenvalue weighted by Crippen LogP contribution is -1.96. The van der Waals surface area contributed by atoms with Crippen LogP contribution in [-0.2, 0) is 12.8 Å². The summed E-state index contributed by atoms with van der Waals surface area (Å²) < 4.78 is 5.46. The van der Waals surface area contributed by atoms with Crippen LogP contribution in [0.3, 0.4) is 0 Å². The largest absolute Gasteiger partial charge is 0.507 e. The van der Waals surface area contributed by atoms with Gasteiger partial charge in [-0.3, -0.25) is 0 Å². The molecule has 3 nitrogen and oxygen atoms in total. The van der Waals surface area contributed by atoms with Gasteiger partial charge < -0.3 is 14.9 Å². The Balaban J connectivity index is 1.63. The summed E-state index contributed by atoms with van der Waals surface area (Å²) in [6, 6.07) is 27.3. The second-order valence-electron chi connectivity index (χ2n) is 7.64. The number of hydrogen-bond donors (Lipinski definition) is 2. The third-order valence-electron chi connectivity index (χ3n) is 5.74. The van der Waals surface area contributed by atoms with E-state index >= 15 is 0 Å². The molecule has 4 aromatic rings. The molecule has 0 aliphatic rings. The van der Waals surface area contributed by atoms with Crippen LogP contribution in [-0.4, -0.2) is 17.3 Å². The van der Waals surface area contributed by atoms with E-state index in [1.807, 2.05) is 91.9 Å². The number of aromatic hydroxyl groups is 2. The molecule has 156 valence electrons. The second-order valence-corrected chi connectivity index (χ2v) is 7.64. The SMILES string of the molecule is COc1ccccc1-c1cccc(CCc2cccc(-c3ccccc3C)c2O)c1O. The summed E-state index contributed by atoms with van der Waals surface area (Å²) in [7, 11) is 1.63. The van der Waals surface area contributed by atoms with E-state index in [0.717, 1.165) is 44.7 Å². The normalized spacial score (nSPS) is 10.8. The van der Waals surface area contributed by atoms with Gasteiger partial charge in [0.25, 0.3) is 0 Å². The predicted octanol–water partition coefficient (Wildman–Crippen LogP) is 6.53. The number of benzene rings is 4. The van der Waals surface area contributed by atoms with Gasteiger partial charge in [0.15, 0.2) is 0 Å². The highest BCUT2D eigenvalue weighted by atomic mass is 16.5. The Morgan fingerprint density at radius 2 is 1.06 bits per heavy atom. The number of methoxy groups -OCH3 is 1. The average Bonchev–Trinajstić information content (AvgIpc) is 2.80. The maximum absolute atomic E-state index is 11.0. The summed E-state index contributed by atoms with van der Waals surface area (Å²) in [5, 5.41) is 21.9. The molecular formula is C28H26O3. The molecule has 0 aromatic heterocycles. The fraction of sp³-hybridized carbons (Fsp3) is 0.143. The molecule has 4 rings (SSSR count). The summed E-state index contributed by atoms with van der Waals surface area (Å²) in [6.07, 6.45) is 1.23. The minimum absolute atomic E-state index is 0.251. The molecule has 31 heavy (non-hydrogen) atoms. The second kappa shape index (κ2) is 8.97. The molecule has 0 bridgehead atoms. The maximum Gasteiger partial charge on any atom is 0.126 e. The smallest absolute Gasteiger partial charge is 0.126 e. The van der Waals surface area contributed by atoms with Crippen molar-refractivity contribution in [1.29, 1.82) is 0 Å². The van der Waals surface area contributed by atoms with Crippen LogP contribution in [0.25, 0.3) is 22.3 Å². The van der Waals surface area contributed by atoms with Gasteiger partial charge in [-0.2, -0.15) is 0 Å². The fourth-order valence-electron chi connectivity index (χ4n) is 4.03. The number of aryl methyl sites for hydroxylation is 3. The van der Waals surface area contributed by atoms with Crippen LogP contribution in [0.15, 0.2) is 84.9 Å². The molecule has 0 saturated heterocycles. The summed E-state index contributed by atoms with van der Waals surface area (Å²) in [6.45, 7) is 2.04. The van der Waals surface area contributed by atoms with Gasteiger partial charge in [-0.15, -0.1) is 0 Å². The lowest BCUT2D eigenvalue weighted by Gasteiger charge is -2.14. The molecule has 0 amide bonds. The molecule has 0 aliphatic heterocycles. The first kappa shape index (κ1) is 20.5. The molecular weight excluding hydrogens is 384 g/mol. The monoisotopic (exact) mass is 410 g/mol. The fourth-order valence-corrected chi connectivity index (χ4v) is 4.03. The van der Waals surface area contributed by atoms with Gasteiger partial charge in [0.2, 0.25) is 0 Å². The Morgan fingerprint density at radius 3 is 1.65 bits per heavy atom. The number of phenolic OH excluding ortho intramolecular Hbond substituents is 2. The van der Waals surface area contributed by atoms with E-state index in [0.29, 0.717) is 18.6 Å². The Morgan fingerprint density at radius 1 is 0.581 bits per heavy atom. The lowest BCUT2D eigenvalue weighted by molar-refractivity contribution is 0.415. The van der Waals surface area contributed by atoms with Gasteiger partial charge in [0.05, 0.1) is 7.11 Å². The van der Waals surface area contributed by atoms with Gasteiger partial charge in [-0.05, 0) is 48.1 Å². The summed E-state index contributed by atoms with van der Waals surface area (Å²) >= 11 is 0. The van der Waals surface area contributed by atoms with Gasteiger partial charge in [-0.25, -0.2) is 0 Å². The molecule has 0 spiro atoms. The highest BCUT2D eigenvalue weighted by Crippen LogP contribution is 2.39. The maximum atomic E-state index is 11.0. The molecule has 4 aromatic carbocycles. The van der Waals surface area contributed by atoms with Gasteiger partial charge in [0.1, 0.15) is 17.2 Å². The Hall–Kier alpha value is -3.72. The minimum atomic E-state index is 0.251. The van der Waals surface area contributed by atoms with Crippen LogP contribution in [0.4, 0.5) is 0 Å². The zero-order valence-corrected chi connectivity index (χ0v) is 17.8. The molecule has 3 heteroatoms. The molecule has 0 heterocycles. The van der Waals surface area contributed by atoms with E-state index < -0.39 is 0 Å². The van der Waals surface area contributed by atoms with Crippen LogP contribution >= 0.6 is 0 Å². The number of ether oxygens (including phenoxy) is 1. The third-order valence-corrected chi connectivity index (χ3v) is 5.74. The zero-order chi connectivity index (χ0) is 21.8. The van der Waals surface area contributed by atoms with Crippen molar-refractivity contribution in [3.63, 3.8) is 0 Å². The van der Waals surface area contributed by atoms with Gasteiger partial charge in [-0.1, -0.05) is 78.9 Å². The summed E-state index contributed by atoms with van der Waals surface area (Å²) in [5.74, 6) is 1.28. The van der Waals surface area contributed by atoms with E-state index in [4.69, 9.17) is 4.74 Å². The zero-order valence-electron chi connectivity index (χ0n) is 17.8. The first-order valence-electron chi connectivity index (χ1n) is 10.4. The summed E-state index contributed by atoms with van der Waals surface area (Å²) in [4.78, 5) is 0. The quantitative estimate of drug-likeness (QED) is 0.380. The highest BCUT2D eigenvalue weighted by Gasteiger charge is 2.15. The molecule has 0 fully saturated rings. The van der Waals surface area contributed by atoms with Crippen molar-refractivity contribution >= 4 is 0 Å². The minimum Gasteiger partial charge on any atom is -0.507 e. The van der Waals surface area contributed by atoms with E-state index in [-0.39, 0.29) is 5.75 Å². The number of hydrogen-bond acceptors (Lipinski definition) is 3. The van der Waals surface area contributed by atoms with Crippen molar-refractivity contribution in [3.8, 4) is 39.5 Å². The van der Waals surface area contributed by atoms with Crippen LogP contribution in [0.1, 0.15) is 16.7 Å². The van der Waals surface area contributed by atoms with Gasteiger partial charge >= 0.3 is 0 Å². The number of para-hydroxylation sites is 3. The van der Waals surface area contributed by atoms with Crippen molar-refractivity contribution in [2.45, 2.75) is 19.8 Å². The predicted molar refractivity (Wildman–Crippen MR) is 126 cm³/mol. The Bertz CT molecular complexity index is 1210. The molecule has 0 unspecified atom stereocenters. The Labute approximate surface area is 183 Å². The molecule has 0 atom stereocenters. The Kier molecular flexibility index (Phi) is 5.94. The molecule has 0 aliphatic carbocycles.